The molecule has 0 atom stereocenters. The zero-order chi connectivity index (χ0) is 23.8. The molecular formula is C16H10F12O2. The fourth-order valence-electron chi connectivity index (χ4n) is 1.97. The Hall–Kier alpha value is -2.41. The zero-order valence-corrected chi connectivity index (χ0v) is 14.2. The van der Waals surface area contributed by atoms with Crippen LogP contribution in [-0.4, -0.2) is 42.0 Å². The van der Waals surface area contributed by atoms with Crippen molar-refractivity contribution < 1.29 is 62.2 Å². The molecule has 0 aromatic heterocycles. The molecule has 0 amide bonds. The molecule has 170 valence electrons. The van der Waals surface area contributed by atoms with Crippen LogP contribution in [0, 0.1) is 0 Å². The van der Waals surface area contributed by atoms with Crippen LogP contribution in [0.15, 0.2) is 30.8 Å². The predicted molar refractivity (Wildman–Crippen MR) is 77.1 cm³/mol. The van der Waals surface area contributed by atoms with Crippen molar-refractivity contribution in [3.8, 4) is 0 Å². The van der Waals surface area contributed by atoms with Gasteiger partial charge in [-0.2, -0.15) is 43.9 Å². The van der Waals surface area contributed by atoms with E-state index >= 15 is 0 Å². The van der Waals surface area contributed by atoms with E-state index in [-0.39, 0.29) is 11.1 Å². The second kappa shape index (κ2) is 8.02. The Labute approximate surface area is 160 Å². The lowest BCUT2D eigenvalue weighted by atomic mass is 9.94. The number of hydrogen-bond acceptors (Lipinski definition) is 2. The first-order valence-corrected chi connectivity index (χ1v) is 7.44. The average molecular weight is 462 g/mol. The quantitative estimate of drug-likeness (QED) is 0.342. The Morgan fingerprint density at radius 2 is 1.40 bits per heavy atom. The van der Waals surface area contributed by atoms with Crippen LogP contribution in [0.25, 0.3) is 6.08 Å². The van der Waals surface area contributed by atoms with Crippen molar-refractivity contribution in [3.63, 3.8) is 0 Å². The molecule has 0 fully saturated rings. The molecule has 0 spiro atoms. The molecule has 30 heavy (non-hydrogen) atoms. The topological polar surface area (TPSA) is 26.3 Å². The Balaban J connectivity index is 3.24. The summed E-state index contributed by atoms with van der Waals surface area (Å²) in [6.45, 7) is 2.03. The predicted octanol–water partition coefficient (Wildman–Crippen LogP) is 5.81. The Bertz CT molecular complexity index is 788. The first kappa shape index (κ1) is 25.6. The fourth-order valence-corrected chi connectivity index (χ4v) is 1.97. The van der Waals surface area contributed by atoms with E-state index in [1.165, 1.54) is 18.2 Å². The summed E-state index contributed by atoms with van der Waals surface area (Å²) in [6.07, 6.45) is -4.53. The monoisotopic (exact) mass is 462 g/mol. The Kier molecular flexibility index (Phi) is 6.85. The van der Waals surface area contributed by atoms with E-state index in [0.717, 1.165) is 12.1 Å². The second-order valence-electron chi connectivity index (χ2n) is 5.70. The third-order valence-electron chi connectivity index (χ3n) is 3.77. The smallest absolute Gasteiger partial charge is 0.410 e. The van der Waals surface area contributed by atoms with E-state index in [1.807, 2.05) is 0 Å². The van der Waals surface area contributed by atoms with Crippen LogP contribution in [0.3, 0.4) is 0 Å². The average Bonchev–Trinajstić information content (AvgIpc) is 2.65. The van der Waals surface area contributed by atoms with E-state index in [9.17, 15) is 57.5 Å². The summed E-state index contributed by atoms with van der Waals surface area (Å²) >= 11 is 0. The van der Waals surface area contributed by atoms with Crippen LogP contribution in [-0.2, 0) is 16.1 Å². The van der Waals surface area contributed by atoms with E-state index in [1.54, 1.807) is 0 Å². The summed E-state index contributed by atoms with van der Waals surface area (Å²) in [6, 6.07) is 5.03. The maximum atomic E-state index is 13.6. The zero-order valence-electron chi connectivity index (χ0n) is 14.2. The number of halogens is 12. The number of hydrogen-bond donors (Lipinski definition) is 0. The standard InChI is InChI=1S/C16H10F12O2/c1-2-8-5-3-4-6-9(8)7-30-11(29)13(21,22)15(25,26)16(27,28)14(23,24)12(19,20)10(17)18/h2-6,10H,1,7H2. The van der Waals surface area contributed by atoms with Crippen molar-refractivity contribution >= 4 is 12.0 Å². The van der Waals surface area contributed by atoms with Gasteiger partial charge in [-0.3, -0.25) is 0 Å². The molecule has 0 aliphatic rings. The minimum Gasteiger partial charge on any atom is -0.456 e. The second-order valence-corrected chi connectivity index (χ2v) is 5.70. The first-order chi connectivity index (χ1) is 13.4. The number of alkyl halides is 12. The van der Waals surface area contributed by atoms with Crippen molar-refractivity contribution in [1.82, 2.24) is 0 Å². The summed E-state index contributed by atoms with van der Waals surface area (Å²) in [5.74, 6) is -40.4. The molecule has 0 unspecified atom stereocenters. The molecule has 0 saturated heterocycles. The lowest BCUT2D eigenvalue weighted by Crippen LogP contribution is -2.70. The molecule has 0 aliphatic carbocycles. The summed E-state index contributed by atoms with van der Waals surface area (Å²) in [4.78, 5) is 11.2. The van der Waals surface area contributed by atoms with Crippen molar-refractivity contribution in [1.29, 1.82) is 0 Å². The van der Waals surface area contributed by atoms with E-state index in [2.05, 4.69) is 11.3 Å². The lowest BCUT2D eigenvalue weighted by molar-refractivity contribution is -0.408. The molecule has 1 rings (SSSR count). The molecule has 0 radical (unpaired) electrons. The number of carbonyl (C=O) groups is 1. The molecule has 1 aromatic rings. The number of ether oxygens (including phenoxy) is 1. The van der Waals surface area contributed by atoms with Gasteiger partial charge in [0.25, 0.3) is 0 Å². The van der Waals surface area contributed by atoms with Gasteiger partial charge in [0, 0.05) is 0 Å². The summed E-state index contributed by atoms with van der Waals surface area (Å²) in [5, 5.41) is 0. The number of benzene rings is 1. The van der Waals surface area contributed by atoms with Gasteiger partial charge in [-0.05, 0) is 11.1 Å². The van der Waals surface area contributed by atoms with Crippen LogP contribution in [0.2, 0.25) is 0 Å². The van der Waals surface area contributed by atoms with Crippen molar-refractivity contribution in [2.24, 2.45) is 0 Å². The van der Waals surface area contributed by atoms with Crippen molar-refractivity contribution in [2.75, 3.05) is 0 Å². The molecule has 2 nitrogen and oxygen atoms in total. The van der Waals surface area contributed by atoms with Crippen LogP contribution in [0.1, 0.15) is 11.1 Å². The minimum atomic E-state index is -7.79. The molecule has 0 aliphatic heterocycles. The summed E-state index contributed by atoms with van der Waals surface area (Å²) < 4.78 is 160. The molecule has 1 aromatic carbocycles. The molecule has 0 heterocycles. The van der Waals surface area contributed by atoms with E-state index in [4.69, 9.17) is 0 Å². The normalized spacial score (nSPS) is 14.0. The third-order valence-corrected chi connectivity index (χ3v) is 3.77. The highest BCUT2D eigenvalue weighted by atomic mass is 19.4. The Morgan fingerprint density at radius 1 is 0.900 bits per heavy atom. The van der Waals surface area contributed by atoms with Gasteiger partial charge in [-0.15, -0.1) is 0 Å². The highest BCUT2D eigenvalue weighted by Gasteiger charge is 2.89. The van der Waals surface area contributed by atoms with Gasteiger partial charge >= 0.3 is 42.0 Å². The minimum absolute atomic E-state index is 0.119. The maximum absolute atomic E-state index is 13.6. The Morgan fingerprint density at radius 3 is 1.87 bits per heavy atom. The van der Waals surface area contributed by atoms with Gasteiger partial charge in [0.05, 0.1) is 0 Å². The van der Waals surface area contributed by atoms with E-state index in [0.29, 0.717) is 0 Å². The van der Waals surface area contributed by atoms with Crippen LogP contribution in [0.4, 0.5) is 52.7 Å². The lowest BCUT2D eigenvalue weighted by Gasteiger charge is -2.38. The highest BCUT2D eigenvalue weighted by molar-refractivity contribution is 5.79. The van der Waals surface area contributed by atoms with Crippen LogP contribution < -0.4 is 0 Å². The van der Waals surface area contributed by atoms with Gasteiger partial charge in [0.1, 0.15) is 6.61 Å². The van der Waals surface area contributed by atoms with Crippen molar-refractivity contribution in [3.05, 3.63) is 42.0 Å². The number of esters is 1. The number of carbonyl (C=O) groups excluding carboxylic acids is 1. The van der Waals surface area contributed by atoms with Crippen molar-refractivity contribution in [2.45, 2.75) is 42.6 Å². The van der Waals surface area contributed by atoms with Crippen LogP contribution in [0.5, 0.6) is 0 Å². The van der Waals surface area contributed by atoms with Gasteiger partial charge in [0.15, 0.2) is 0 Å². The number of rotatable bonds is 9. The van der Waals surface area contributed by atoms with Crippen LogP contribution >= 0.6 is 0 Å². The summed E-state index contributed by atoms with van der Waals surface area (Å²) in [5.41, 5.74) is -0.0323. The van der Waals surface area contributed by atoms with E-state index < -0.39 is 48.6 Å². The van der Waals surface area contributed by atoms with Gasteiger partial charge in [-0.1, -0.05) is 36.9 Å². The molecule has 0 saturated carbocycles. The fraction of sp³-hybridized carbons (Fsp3) is 0.438. The molecule has 0 bridgehead atoms. The highest BCUT2D eigenvalue weighted by Crippen LogP contribution is 2.58. The molecular weight excluding hydrogens is 452 g/mol. The SMILES string of the molecule is C=Cc1ccccc1COC(=O)C(F)(F)C(F)(F)C(F)(F)C(F)(F)C(F)(F)C(F)F. The largest absolute Gasteiger partial charge is 0.456 e. The molecule has 0 N–H and O–H groups in total. The first-order valence-electron chi connectivity index (χ1n) is 7.44. The van der Waals surface area contributed by atoms with Gasteiger partial charge < -0.3 is 4.74 Å². The maximum Gasteiger partial charge on any atom is 0.410 e. The third kappa shape index (κ3) is 3.83. The van der Waals surface area contributed by atoms with Gasteiger partial charge in [-0.25, -0.2) is 13.6 Å². The van der Waals surface area contributed by atoms with Gasteiger partial charge in [0.2, 0.25) is 0 Å². The molecule has 14 heteroatoms. The summed E-state index contributed by atoms with van der Waals surface area (Å²) in [7, 11) is 0.